The van der Waals surface area contributed by atoms with Crippen LogP contribution in [0.1, 0.15) is 5.56 Å². The first-order valence-corrected chi connectivity index (χ1v) is 5.53. The molecule has 0 spiro atoms. The molecule has 0 unspecified atom stereocenters. The van der Waals surface area contributed by atoms with Gasteiger partial charge in [0, 0.05) is 25.4 Å². The van der Waals surface area contributed by atoms with Gasteiger partial charge in [-0.15, -0.1) is 0 Å². The maximum absolute atomic E-state index is 5.72. The highest BCUT2D eigenvalue weighted by Gasteiger charge is 2.07. The summed E-state index contributed by atoms with van der Waals surface area (Å²) in [5.74, 6) is 1.31. The molecule has 18 heavy (non-hydrogen) atoms. The summed E-state index contributed by atoms with van der Waals surface area (Å²) in [5, 5.41) is 9.78. The van der Waals surface area contributed by atoms with Crippen LogP contribution < -0.4 is 11.1 Å². The van der Waals surface area contributed by atoms with Crippen LogP contribution in [-0.4, -0.2) is 24.7 Å². The molecule has 0 aliphatic rings. The number of aryl methyl sites for hydroxylation is 1. The van der Waals surface area contributed by atoms with E-state index < -0.39 is 0 Å². The van der Waals surface area contributed by atoms with E-state index in [4.69, 9.17) is 5.73 Å². The number of rotatable bonds is 3. The fraction of sp³-hybridized carbons (Fsp3) is 0.182. The van der Waals surface area contributed by atoms with Gasteiger partial charge in [0.25, 0.3) is 0 Å². The molecule has 3 aromatic heterocycles. The summed E-state index contributed by atoms with van der Waals surface area (Å²) in [6.45, 7) is 0.561. The predicted molar refractivity (Wildman–Crippen MR) is 68.8 cm³/mol. The quantitative estimate of drug-likeness (QED) is 0.634. The molecule has 3 rings (SSSR count). The van der Waals surface area contributed by atoms with E-state index in [1.165, 1.54) is 0 Å². The SMILES string of the molecule is Cn1cnc2c(NCc3cn[nH]c3N)nccc21. The Hall–Kier alpha value is -2.57. The second kappa shape index (κ2) is 4.02. The van der Waals surface area contributed by atoms with E-state index in [2.05, 4.69) is 25.5 Å². The zero-order valence-corrected chi connectivity index (χ0v) is 9.88. The van der Waals surface area contributed by atoms with Crippen molar-refractivity contribution >= 4 is 22.7 Å². The number of nitrogens with zero attached hydrogens (tertiary/aromatic N) is 4. The number of hydrogen-bond acceptors (Lipinski definition) is 5. The summed E-state index contributed by atoms with van der Waals surface area (Å²) >= 11 is 0. The molecule has 0 amide bonds. The van der Waals surface area contributed by atoms with Crippen LogP contribution in [-0.2, 0) is 13.6 Å². The lowest BCUT2D eigenvalue weighted by molar-refractivity contribution is 0.947. The topological polar surface area (TPSA) is 97.4 Å². The number of H-pyrrole nitrogens is 1. The number of anilines is 2. The molecular formula is C11H13N7. The van der Waals surface area contributed by atoms with Crippen LogP contribution in [0.15, 0.2) is 24.8 Å². The Morgan fingerprint density at radius 1 is 1.44 bits per heavy atom. The number of nitrogens with one attached hydrogen (secondary N) is 2. The second-order valence-corrected chi connectivity index (χ2v) is 4.05. The Bertz CT molecular complexity index is 682. The molecule has 0 atom stereocenters. The van der Waals surface area contributed by atoms with Gasteiger partial charge >= 0.3 is 0 Å². The van der Waals surface area contributed by atoms with E-state index in [-0.39, 0.29) is 0 Å². The minimum atomic E-state index is 0.561. The lowest BCUT2D eigenvalue weighted by Crippen LogP contribution is -2.03. The molecule has 0 aliphatic heterocycles. The van der Waals surface area contributed by atoms with Crippen LogP contribution >= 0.6 is 0 Å². The molecule has 0 aliphatic carbocycles. The molecular weight excluding hydrogens is 230 g/mol. The van der Waals surface area contributed by atoms with Crippen molar-refractivity contribution in [1.29, 1.82) is 0 Å². The van der Waals surface area contributed by atoms with Gasteiger partial charge in [0.2, 0.25) is 0 Å². The van der Waals surface area contributed by atoms with Gasteiger partial charge in [-0.3, -0.25) is 5.10 Å². The average molecular weight is 243 g/mol. The first-order chi connectivity index (χ1) is 8.75. The molecule has 0 saturated heterocycles. The minimum absolute atomic E-state index is 0.561. The number of fused-ring (bicyclic) bond motifs is 1. The highest BCUT2D eigenvalue weighted by atomic mass is 15.2. The number of nitrogen functional groups attached to an aromatic ring is 1. The largest absolute Gasteiger partial charge is 0.384 e. The summed E-state index contributed by atoms with van der Waals surface area (Å²) in [7, 11) is 1.95. The zero-order chi connectivity index (χ0) is 12.5. The predicted octanol–water partition coefficient (Wildman–Crippen LogP) is 0.886. The molecule has 92 valence electrons. The fourth-order valence-electron chi connectivity index (χ4n) is 1.83. The molecule has 3 aromatic rings. The van der Waals surface area contributed by atoms with Gasteiger partial charge in [0.1, 0.15) is 11.3 Å². The standard InChI is InChI=1S/C11H13N7/c1-18-6-15-9-8(18)2-3-13-11(9)14-4-7-5-16-17-10(7)12/h2-3,5-6H,4H2,1H3,(H,13,14)(H3,12,16,17). The number of pyridine rings is 1. The maximum atomic E-state index is 5.72. The molecule has 0 saturated carbocycles. The molecule has 3 heterocycles. The van der Waals surface area contributed by atoms with E-state index >= 15 is 0 Å². The number of hydrogen-bond donors (Lipinski definition) is 3. The lowest BCUT2D eigenvalue weighted by Gasteiger charge is -2.05. The van der Waals surface area contributed by atoms with Crippen LogP contribution in [0.2, 0.25) is 0 Å². The first-order valence-electron chi connectivity index (χ1n) is 5.53. The number of imidazole rings is 1. The monoisotopic (exact) mass is 243 g/mol. The van der Waals surface area contributed by atoms with E-state index in [1.54, 1.807) is 18.7 Å². The first kappa shape index (κ1) is 10.6. The van der Waals surface area contributed by atoms with Crippen molar-refractivity contribution in [3.05, 3.63) is 30.4 Å². The number of aromatic amines is 1. The van der Waals surface area contributed by atoms with Crippen molar-refractivity contribution in [2.75, 3.05) is 11.1 Å². The Balaban J connectivity index is 1.89. The van der Waals surface area contributed by atoms with Crippen molar-refractivity contribution in [3.63, 3.8) is 0 Å². The fourth-order valence-corrected chi connectivity index (χ4v) is 1.83. The smallest absolute Gasteiger partial charge is 0.154 e. The molecule has 4 N–H and O–H groups in total. The van der Waals surface area contributed by atoms with Crippen LogP contribution in [0.3, 0.4) is 0 Å². The highest BCUT2D eigenvalue weighted by Crippen LogP contribution is 2.19. The van der Waals surface area contributed by atoms with Crippen LogP contribution in [0, 0.1) is 0 Å². The van der Waals surface area contributed by atoms with Gasteiger partial charge in [0.05, 0.1) is 18.0 Å². The van der Waals surface area contributed by atoms with E-state index in [0.29, 0.717) is 12.4 Å². The molecule has 0 fully saturated rings. The van der Waals surface area contributed by atoms with Crippen LogP contribution in [0.4, 0.5) is 11.6 Å². The normalized spacial score (nSPS) is 10.9. The van der Waals surface area contributed by atoms with Crippen molar-refractivity contribution in [1.82, 2.24) is 24.7 Å². The zero-order valence-electron chi connectivity index (χ0n) is 9.88. The Labute approximate surface area is 103 Å². The summed E-state index contributed by atoms with van der Waals surface area (Å²) in [5.41, 5.74) is 8.51. The summed E-state index contributed by atoms with van der Waals surface area (Å²) in [6.07, 6.45) is 5.22. The van der Waals surface area contributed by atoms with Crippen LogP contribution in [0.5, 0.6) is 0 Å². The molecule has 0 aromatic carbocycles. The molecule has 0 radical (unpaired) electrons. The van der Waals surface area contributed by atoms with Crippen molar-refractivity contribution in [2.45, 2.75) is 6.54 Å². The van der Waals surface area contributed by atoms with Gasteiger partial charge in [-0.25, -0.2) is 9.97 Å². The molecule has 7 heteroatoms. The summed E-state index contributed by atoms with van der Waals surface area (Å²) in [6, 6.07) is 1.93. The third-order valence-corrected chi connectivity index (χ3v) is 2.84. The van der Waals surface area contributed by atoms with E-state index in [9.17, 15) is 0 Å². The molecule has 7 nitrogen and oxygen atoms in total. The average Bonchev–Trinajstić information content (AvgIpc) is 2.95. The minimum Gasteiger partial charge on any atom is -0.384 e. The van der Waals surface area contributed by atoms with Crippen molar-refractivity contribution in [3.8, 4) is 0 Å². The highest BCUT2D eigenvalue weighted by molar-refractivity contribution is 5.85. The van der Waals surface area contributed by atoms with E-state index in [0.717, 1.165) is 22.4 Å². The third kappa shape index (κ3) is 1.65. The van der Waals surface area contributed by atoms with Gasteiger partial charge in [-0.1, -0.05) is 0 Å². The second-order valence-electron chi connectivity index (χ2n) is 4.05. The van der Waals surface area contributed by atoms with Crippen LogP contribution in [0.25, 0.3) is 11.0 Å². The van der Waals surface area contributed by atoms with Gasteiger partial charge in [-0.2, -0.15) is 5.10 Å². The van der Waals surface area contributed by atoms with Crippen molar-refractivity contribution in [2.24, 2.45) is 7.05 Å². The Morgan fingerprint density at radius 2 is 2.33 bits per heavy atom. The molecule has 0 bridgehead atoms. The van der Waals surface area contributed by atoms with E-state index in [1.807, 2.05) is 17.7 Å². The Kier molecular flexibility index (Phi) is 2.36. The Morgan fingerprint density at radius 3 is 3.11 bits per heavy atom. The summed E-state index contributed by atoms with van der Waals surface area (Å²) < 4.78 is 1.95. The third-order valence-electron chi connectivity index (χ3n) is 2.84. The number of nitrogens with two attached hydrogens (primary N) is 1. The lowest BCUT2D eigenvalue weighted by atomic mass is 10.3. The van der Waals surface area contributed by atoms with Crippen molar-refractivity contribution < 1.29 is 0 Å². The van der Waals surface area contributed by atoms with Gasteiger partial charge < -0.3 is 15.6 Å². The maximum Gasteiger partial charge on any atom is 0.154 e. The van der Waals surface area contributed by atoms with Gasteiger partial charge in [0.15, 0.2) is 5.82 Å². The van der Waals surface area contributed by atoms with Gasteiger partial charge in [-0.05, 0) is 6.07 Å². The summed E-state index contributed by atoms with van der Waals surface area (Å²) in [4.78, 5) is 8.61. The number of aromatic nitrogens is 5.